The van der Waals surface area contributed by atoms with Crippen molar-refractivity contribution >= 4 is 40.3 Å². The van der Waals surface area contributed by atoms with Crippen molar-refractivity contribution in [3.8, 4) is 0 Å². The summed E-state index contributed by atoms with van der Waals surface area (Å²) >= 11 is 6.01. The molecule has 2 amide bonds. The van der Waals surface area contributed by atoms with Crippen LogP contribution >= 0.6 is 11.6 Å². The first-order valence-corrected chi connectivity index (χ1v) is 8.87. The van der Waals surface area contributed by atoms with Crippen LogP contribution in [0.2, 0.25) is 5.02 Å². The van der Waals surface area contributed by atoms with Crippen molar-refractivity contribution < 1.29 is 14.7 Å². The van der Waals surface area contributed by atoms with E-state index in [9.17, 15) is 14.7 Å². The predicted molar refractivity (Wildman–Crippen MR) is 100 cm³/mol. The van der Waals surface area contributed by atoms with Gasteiger partial charge in [-0.2, -0.15) is 0 Å². The van der Waals surface area contributed by atoms with Gasteiger partial charge in [-0.1, -0.05) is 11.6 Å². The molecule has 1 aromatic carbocycles. The second-order valence-electron chi connectivity index (χ2n) is 6.57. The summed E-state index contributed by atoms with van der Waals surface area (Å²) in [4.78, 5) is 30.2. The molecule has 7 nitrogen and oxygen atoms in total. The smallest absolute Gasteiger partial charge is 0.407 e. The number of nitrogens with zero attached hydrogens (tertiary/aromatic N) is 3. The Hall–Kier alpha value is -2.54. The number of anilines is 1. The lowest BCUT2D eigenvalue weighted by molar-refractivity contribution is -0.119. The quantitative estimate of drug-likeness (QED) is 0.835. The molecule has 3 rings (SSSR count). The molecule has 1 aliphatic heterocycles. The molecule has 26 heavy (non-hydrogen) atoms. The van der Waals surface area contributed by atoms with Crippen molar-refractivity contribution in [2.24, 2.45) is 11.7 Å². The maximum Gasteiger partial charge on any atom is 0.407 e. The number of rotatable bonds is 5. The Kier molecular flexibility index (Phi) is 5.46. The molecule has 1 aromatic heterocycles. The van der Waals surface area contributed by atoms with E-state index in [-0.39, 0.29) is 12.5 Å². The Bertz CT molecular complexity index is 821. The van der Waals surface area contributed by atoms with Crippen molar-refractivity contribution in [2.75, 3.05) is 31.1 Å². The van der Waals surface area contributed by atoms with E-state index in [1.807, 2.05) is 30.3 Å². The van der Waals surface area contributed by atoms with Crippen LogP contribution in [0.5, 0.6) is 0 Å². The number of aromatic nitrogens is 1. The molecule has 1 aliphatic rings. The third kappa shape index (κ3) is 4.35. The molecule has 0 radical (unpaired) electrons. The highest BCUT2D eigenvalue weighted by Gasteiger charge is 2.25. The monoisotopic (exact) mass is 376 g/mol. The molecule has 0 saturated carbocycles. The number of hydrogen-bond acceptors (Lipinski definition) is 4. The Balaban J connectivity index is 1.62. The molecule has 0 unspecified atom stereocenters. The lowest BCUT2D eigenvalue weighted by atomic mass is 9.96. The Morgan fingerprint density at radius 2 is 2.00 bits per heavy atom. The minimum atomic E-state index is -1.11. The van der Waals surface area contributed by atoms with Gasteiger partial charge in [-0.15, -0.1) is 0 Å². The van der Waals surface area contributed by atoms with Gasteiger partial charge in [0.15, 0.2) is 0 Å². The fourth-order valence-corrected chi connectivity index (χ4v) is 3.50. The Labute approximate surface area is 156 Å². The average molecular weight is 377 g/mol. The predicted octanol–water partition coefficient (Wildman–Crippen LogP) is 2.57. The van der Waals surface area contributed by atoms with Crippen LogP contribution < -0.4 is 10.6 Å². The molecule has 138 valence electrons. The van der Waals surface area contributed by atoms with Gasteiger partial charge in [0.1, 0.15) is 12.4 Å². The molecular formula is C18H21ClN4O3. The van der Waals surface area contributed by atoms with Crippen LogP contribution in [0.15, 0.2) is 30.3 Å². The second kappa shape index (κ2) is 7.78. The Morgan fingerprint density at radius 3 is 2.65 bits per heavy atom. The van der Waals surface area contributed by atoms with E-state index in [1.165, 1.54) is 0 Å². The number of hydrogen-bond donors (Lipinski definition) is 2. The highest BCUT2D eigenvalue weighted by Crippen LogP contribution is 2.25. The number of fused-ring (bicyclic) bond motifs is 1. The van der Waals surface area contributed by atoms with Crippen molar-refractivity contribution in [2.45, 2.75) is 12.8 Å². The SMILES string of the molecule is NC(=O)CN(CC1CCN(c2ccc3cc(Cl)ccc3n2)CC1)C(=O)O. The first-order valence-electron chi connectivity index (χ1n) is 8.50. The summed E-state index contributed by atoms with van der Waals surface area (Å²) in [6.07, 6.45) is 0.562. The second-order valence-corrected chi connectivity index (χ2v) is 7.00. The number of carbonyl (C=O) groups is 2. The van der Waals surface area contributed by atoms with Gasteiger partial charge in [-0.3, -0.25) is 9.69 Å². The zero-order chi connectivity index (χ0) is 18.7. The molecule has 8 heteroatoms. The van der Waals surface area contributed by atoms with Gasteiger partial charge in [-0.05, 0) is 49.1 Å². The van der Waals surface area contributed by atoms with Crippen LogP contribution in [0.3, 0.4) is 0 Å². The first-order chi connectivity index (χ1) is 12.4. The topological polar surface area (TPSA) is 99.8 Å². The van der Waals surface area contributed by atoms with Crippen LogP contribution in [0.25, 0.3) is 10.9 Å². The number of carboxylic acid groups (broad SMARTS) is 1. The van der Waals surface area contributed by atoms with E-state index >= 15 is 0 Å². The maximum absolute atomic E-state index is 11.2. The van der Waals surface area contributed by atoms with Crippen LogP contribution in [-0.4, -0.2) is 53.2 Å². The van der Waals surface area contributed by atoms with E-state index in [4.69, 9.17) is 22.3 Å². The van der Waals surface area contributed by atoms with Crippen LogP contribution in [0.1, 0.15) is 12.8 Å². The summed E-state index contributed by atoms with van der Waals surface area (Å²) in [6.45, 7) is 1.65. The summed E-state index contributed by atoms with van der Waals surface area (Å²) in [5, 5.41) is 10.9. The number of primary amides is 1. The normalized spacial score (nSPS) is 15.2. The largest absolute Gasteiger partial charge is 0.465 e. The third-order valence-electron chi connectivity index (χ3n) is 4.67. The zero-order valence-corrected chi connectivity index (χ0v) is 15.0. The molecule has 1 fully saturated rings. The number of carbonyl (C=O) groups excluding carboxylic acids is 1. The van der Waals surface area contributed by atoms with Gasteiger partial charge in [0.05, 0.1) is 5.52 Å². The van der Waals surface area contributed by atoms with Gasteiger partial charge in [-0.25, -0.2) is 9.78 Å². The van der Waals surface area contributed by atoms with Crippen molar-refractivity contribution in [1.29, 1.82) is 0 Å². The molecule has 0 aliphatic carbocycles. The van der Waals surface area contributed by atoms with E-state index in [0.29, 0.717) is 11.6 Å². The van der Waals surface area contributed by atoms with Gasteiger partial charge in [0.25, 0.3) is 0 Å². The summed E-state index contributed by atoms with van der Waals surface area (Å²) in [5.41, 5.74) is 6.02. The molecule has 0 atom stereocenters. The van der Waals surface area contributed by atoms with Gasteiger partial charge in [0, 0.05) is 30.0 Å². The molecule has 1 saturated heterocycles. The van der Waals surface area contributed by atoms with Crippen LogP contribution in [-0.2, 0) is 4.79 Å². The highest BCUT2D eigenvalue weighted by molar-refractivity contribution is 6.31. The molecule has 3 N–H and O–H groups in total. The standard InChI is InChI=1S/C18H21ClN4O3/c19-14-2-3-15-13(9-14)1-4-17(21-15)22-7-5-12(6-8-22)10-23(18(25)26)11-16(20)24/h1-4,9,12H,5-8,10-11H2,(H2,20,24)(H,25,26). The van der Waals surface area contributed by atoms with Gasteiger partial charge >= 0.3 is 6.09 Å². The minimum Gasteiger partial charge on any atom is -0.465 e. The fourth-order valence-electron chi connectivity index (χ4n) is 3.32. The van der Waals surface area contributed by atoms with Gasteiger partial charge < -0.3 is 15.7 Å². The first kappa shape index (κ1) is 18.3. The summed E-state index contributed by atoms with van der Waals surface area (Å²) in [5.74, 6) is 0.483. The van der Waals surface area contributed by atoms with E-state index in [1.54, 1.807) is 0 Å². The van der Waals surface area contributed by atoms with E-state index in [0.717, 1.165) is 47.6 Å². The zero-order valence-electron chi connectivity index (χ0n) is 14.3. The molecule has 0 bridgehead atoms. The summed E-state index contributed by atoms with van der Waals surface area (Å²) in [7, 11) is 0. The van der Waals surface area contributed by atoms with Crippen molar-refractivity contribution in [3.05, 3.63) is 35.4 Å². The number of nitrogens with two attached hydrogens (primary N) is 1. The number of benzene rings is 1. The number of halogens is 1. The Morgan fingerprint density at radius 1 is 1.27 bits per heavy atom. The number of pyridine rings is 1. The average Bonchev–Trinajstić information content (AvgIpc) is 2.61. The van der Waals surface area contributed by atoms with Gasteiger partial charge in [0.2, 0.25) is 5.91 Å². The molecular weight excluding hydrogens is 356 g/mol. The highest BCUT2D eigenvalue weighted by atomic mass is 35.5. The number of piperidine rings is 1. The van der Waals surface area contributed by atoms with Crippen molar-refractivity contribution in [3.63, 3.8) is 0 Å². The van der Waals surface area contributed by atoms with E-state index < -0.39 is 12.0 Å². The fraction of sp³-hybridized carbons (Fsp3) is 0.389. The van der Waals surface area contributed by atoms with Crippen molar-refractivity contribution in [1.82, 2.24) is 9.88 Å². The third-order valence-corrected chi connectivity index (χ3v) is 4.91. The molecule has 2 heterocycles. The molecule has 0 spiro atoms. The lowest BCUT2D eigenvalue weighted by Gasteiger charge is -2.34. The minimum absolute atomic E-state index is 0.209. The lowest BCUT2D eigenvalue weighted by Crippen LogP contribution is -2.43. The van der Waals surface area contributed by atoms with E-state index in [2.05, 4.69) is 4.90 Å². The maximum atomic E-state index is 11.2. The summed E-state index contributed by atoms with van der Waals surface area (Å²) in [6, 6.07) is 9.61. The molecule has 2 aromatic rings. The van der Waals surface area contributed by atoms with Crippen LogP contribution in [0.4, 0.5) is 10.6 Å². The number of amides is 2. The van der Waals surface area contributed by atoms with Crippen LogP contribution in [0, 0.1) is 5.92 Å². The summed E-state index contributed by atoms with van der Waals surface area (Å²) < 4.78 is 0.